The van der Waals surface area contributed by atoms with Crippen LogP contribution < -0.4 is 0 Å². The van der Waals surface area contributed by atoms with Crippen LogP contribution in [0.5, 0.6) is 0 Å². The molecule has 2 aliphatic rings. The first kappa shape index (κ1) is 13.6. The van der Waals surface area contributed by atoms with Crippen molar-refractivity contribution in [1.29, 1.82) is 0 Å². The molecule has 2 fully saturated rings. The highest BCUT2D eigenvalue weighted by Crippen LogP contribution is 2.31. The molecule has 0 aromatic rings. The van der Waals surface area contributed by atoms with Crippen molar-refractivity contribution in [3.05, 3.63) is 0 Å². The number of hydrogen-bond acceptors (Lipinski definition) is 2. The normalized spacial score (nSPS) is 30.2. The number of rotatable bonds is 2. The molecule has 3 nitrogen and oxygen atoms in total. The van der Waals surface area contributed by atoms with E-state index in [1.807, 2.05) is 0 Å². The molecule has 0 aromatic carbocycles. The summed E-state index contributed by atoms with van der Waals surface area (Å²) in [6, 6.07) is 0. The highest BCUT2D eigenvalue weighted by atomic mass is 16.2. The Kier molecular flexibility index (Phi) is 4.41. The van der Waals surface area contributed by atoms with E-state index in [0.717, 1.165) is 57.5 Å². The summed E-state index contributed by atoms with van der Waals surface area (Å²) < 4.78 is 0. The van der Waals surface area contributed by atoms with Gasteiger partial charge in [-0.05, 0) is 51.4 Å². The van der Waals surface area contributed by atoms with E-state index in [-0.39, 0.29) is 11.8 Å². The maximum atomic E-state index is 12.4. The van der Waals surface area contributed by atoms with Crippen LogP contribution in [-0.2, 0) is 9.59 Å². The molecule has 0 radical (unpaired) electrons. The monoisotopic (exact) mass is 251 g/mol. The zero-order chi connectivity index (χ0) is 13.1. The van der Waals surface area contributed by atoms with E-state index < -0.39 is 0 Å². The number of carbonyl (C=O) groups is 2. The number of amides is 1. The molecule has 1 heterocycles. The van der Waals surface area contributed by atoms with E-state index in [4.69, 9.17) is 0 Å². The van der Waals surface area contributed by atoms with Crippen molar-refractivity contribution < 1.29 is 9.59 Å². The molecule has 18 heavy (non-hydrogen) atoms. The number of Topliss-reactive ketones (excluding diaryl/α,β-unsaturated/α-hetero) is 1. The van der Waals surface area contributed by atoms with Crippen molar-refractivity contribution in [2.24, 2.45) is 17.8 Å². The molecule has 0 bridgehead atoms. The number of nitrogens with zero attached hydrogens (tertiary/aromatic N) is 1. The van der Waals surface area contributed by atoms with Crippen LogP contribution in [0.25, 0.3) is 0 Å². The van der Waals surface area contributed by atoms with E-state index in [2.05, 4.69) is 11.8 Å². The first-order valence-electron chi connectivity index (χ1n) is 7.37. The van der Waals surface area contributed by atoms with Crippen LogP contribution in [-0.4, -0.2) is 29.7 Å². The number of carbonyl (C=O) groups excluding carboxylic acids is 2. The highest BCUT2D eigenvalue weighted by Gasteiger charge is 2.31. The molecule has 1 amide bonds. The third-order valence-electron chi connectivity index (χ3n) is 4.75. The van der Waals surface area contributed by atoms with E-state index in [9.17, 15) is 9.59 Å². The molecule has 1 aliphatic carbocycles. The second-order valence-electron chi connectivity index (χ2n) is 6.17. The SMILES string of the molecule is CC(=O)C1CCC(C(=O)N2CCC(C)CC2)CC1. The lowest BCUT2D eigenvalue weighted by Gasteiger charge is -2.35. The van der Waals surface area contributed by atoms with Crippen LogP contribution >= 0.6 is 0 Å². The lowest BCUT2D eigenvalue weighted by atomic mass is 9.79. The summed E-state index contributed by atoms with van der Waals surface area (Å²) in [4.78, 5) is 25.7. The Hall–Kier alpha value is -0.860. The largest absolute Gasteiger partial charge is 0.342 e. The molecule has 0 atom stereocenters. The predicted molar refractivity (Wildman–Crippen MR) is 71.1 cm³/mol. The molecule has 1 saturated carbocycles. The third kappa shape index (κ3) is 3.12. The second-order valence-corrected chi connectivity index (χ2v) is 6.17. The summed E-state index contributed by atoms with van der Waals surface area (Å²) in [6.45, 7) is 5.82. The fourth-order valence-electron chi connectivity index (χ4n) is 3.23. The molecule has 1 saturated heterocycles. The summed E-state index contributed by atoms with van der Waals surface area (Å²) in [7, 11) is 0. The van der Waals surface area contributed by atoms with Gasteiger partial charge in [-0.1, -0.05) is 6.92 Å². The van der Waals surface area contributed by atoms with Crippen LogP contribution in [0.1, 0.15) is 52.4 Å². The molecule has 0 aromatic heterocycles. The number of piperidine rings is 1. The van der Waals surface area contributed by atoms with Crippen LogP contribution in [0.3, 0.4) is 0 Å². The lowest BCUT2D eigenvalue weighted by molar-refractivity contribution is -0.139. The zero-order valence-corrected chi connectivity index (χ0v) is 11.7. The Morgan fingerprint density at radius 3 is 1.89 bits per heavy atom. The van der Waals surface area contributed by atoms with Crippen molar-refractivity contribution >= 4 is 11.7 Å². The van der Waals surface area contributed by atoms with Gasteiger partial charge in [-0.25, -0.2) is 0 Å². The molecule has 0 unspecified atom stereocenters. The van der Waals surface area contributed by atoms with E-state index in [1.54, 1.807) is 6.92 Å². The van der Waals surface area contributed by atoms with Crippen molar-refractivity contribution in [3.8, 4) is 0 Å². The Balaban J connectivity index is 1.82. The molecule has 0 N–H and O–H groups in total. The van der Waals surface area contributed by atoms with Gasteiger partial charge >= 0.3 is 0 Å². The molecule has 0 spiro atoms. The van der Waals surface area contributed by atoms with Gasteiger partial charge in [0.15, 0.2) is 0 Å². The number of hydrogen-bond donors (Lipinski definition) is 0. The van der Waals surface area contributed by atoms with Crippen molar-refractivity contribution in [3.63, 3.8) is 0 Å². The second kappa shape index (κ2) is 5.85. The summed E-state index contributed by atoms with van der Waals surface area (Å²) in [5.74, 6) is 1.82. The molecule has 2 rings (SSSR count). The van der Waals surface area contributed by atoms with Gasteiger partial charge in [-0.3, -0.25) is 9.59 Å². The molecular formula is C15H25NO2. The number of ketones is 1. The Morgan fingerprint density at radius 1 is 0.889 bits per heavy atom. The van der Waals surface area contributed by atoms with Crippen molar-refractivity contribution in [1.82, 2.24) is 4.90 Å². The first-order valence-corrected chi connectivity index (χ1v) is 7.37. The lowest BCUT2D eigenvalue weighted by Crippen LogP contribution is -2.42. The van der Waals surface area contributed by atoms with Crippen LogP contribution in [0.2, 0.25) is 0 Å². The van der Waals surface area contributed by atoms with Gasteiger partial charge in [0, 0.05) is 24.9 Å². The molecule has 1 aliphatic heterocycles. The van der Waals surface area contributed by atoms with E-state index in [1.165, 1.54) is 0 Å². The molecule has 102 valence electrons. The number of likely N-dealkylation sites (tertiary alicyclic amines) is 1. The first-order chi connectivity index (χ1) is 8.58. The van der Waals surface area contributed by atoms with Gasteiger partial charge in [0.1, 0.15) is 5.78 Å². The smallest absolute Gasteiger partial charge is 0.225 e. The van der Waals surface area contributed by atoms with Crippen LogP contribution in [0, 0.1) is 17.8 Å². The molecule has 3 heteroatoms. The standard InChI is InChI=1S/C15H25NO2/c1-11-7-9-16(10-8-11)15(18)14-5-3-13(4-6-14)12(2)17/h11,13-14H,3-10H2,1-2H3. The zero-order valence-electron chi connectivity index (χ0n) is 11.7. The average Bonchev–Trinajstić information content (AvgIpc) is 2.39. The minimum absolute atomic E-state index is 0.189. The van der Waals surface area contributed by atoms with Gasteiger partial charge in [-0.2, -0.15) is 0 Å². The quantitative estimate of drug-likeness (QED) is 0.756. The Morgan fingerprint density at radius 2 is 1.39 bits per heavy atom. The minimum atomic E-state index is 0.189. The Labute approximate surface area is 110 Å². The summed E-state index contributed by atoms with van der Waals surface area (Å²) >= 11 is 0. The Bertz CT molecular complexity index is 310. The maximum absolute atomic E-state index is 12.4. The van der Waals surface area contributed by atoms with Gasteiger partial charge in [0.05, 0.1) is 0 Å². The van der Waals surface area contributed by atoms with Crippen LogP contribution in [0.15, 0.2) is 0 Å². The summed E-state index contributed by atoms with van der Waals surface area (Å²) in [6.07, 6.45) is 5.94. The topological polar surface area (TPSA) is 37.4 Å². The van der Waals surface area contributed by atoms with Crippen LogP contribution in [0.4, 0.5) is 0 Å². The van der Waals surface area contributed by atoms with E-state index >= 15 is 0 Å². The van der Waals surface area contributed by atoms with Gasteiger partial charge in [0.2, 0.25) is 5.91 Å². The van der Waals surface area contributed by atoms with Gasteiger partial charge < -0.3 is 4.90 Å². The fourth-order valence-corrected chi connectivity index (χ4v) is 3.23. The third-order valence-corrected chi connectivity index (χ3v) is 4.75. The molecular weight excluding hydrogens is 226 g/mol. The van der Waals surface area contributed by atoms with Crippen molar-refractivity contribution in [2.75, 3.05) is 13.1 Å². The van der Waals surface area contributed by atoms with E-state index in [0.29, 0.717) is 11.7 Å². The highest BCUT2D eigenvalue weighted by molar-refractivity contribution is 5.81. The summed E-state index contributed by atoms with van der Waals surface area (Å²) in [5.41, 5.74) is 0. The maximum Gasteiger partial charge on any atom is 0.225 e. The van der Waals surface area contributed by atoms with Crippen molar-refractivity contribution in [2.45, 2.75) is 52.4 Å². The fraction of sp³-hybridized carbons (Fsp3) is 0.867. The average molecular weight is 251 g/mol. The van der Waals surface area contributed by atoms with Gasteiger partial charge in [0.25, 0.3) is 0 Å². The van der Waals surface area contributed by atoms with Gasteiger partial charge in [-0.15, -0.1) is 0 Å². The summed E-state index contributed by atoms with van der Waals surface area (Å²) in [5, 5.41) is 0. The predicted octanol–water partition coefficient (Wildman–Crippen LogP) is 2.64. The minimum Gasteiger partial charge on any atom is -0.342 e.